The molecular weight excluding hydrogens is 196 g/mol. The highest BCUT2D eigenvalue weighted by atomic mass is 14.9. The van der Waals surface area contributed by atoms with Crippen LogP contribution in [0.1, 0.15) is 13.3 Å². The monoisotopic (exact) mass is 212 g/mol. The van der Waals surface area contributed by atoms with Crippen molar-refractivity contribution in [2.75, 3.05) is 11.9 Å². The van der Waals surface area contributed by atoms with Gasteiger partial charge in [0.25, 0.3) is 0 Å². The summed E-state index contributed by atoms with van der Waals surface area (Å²) in [7, 11) is 0. The molecule has 0 aliphatic rings. The first-order valence-corrected chi connectivity index (χ1v) is 5.64. The molecule has 1 aromatic carbocycles. The third-order valence-electron chi connectivity index (χ3n) is 2.48. The molecule has 0 spiro atoms. The van der Waals surface area contributed by atoms with Crippen molar-refractivity contribution in [1.82, 2.24) is 4.98 Å². The summed E-state index contributed by atoms with van der Waals surface area (Å²) >= 11 is 0. The van der Waals surface area contributed by atoms with Crippen LogP contribution in [0.15, 0.2) is 48.8 Å². The van der Waals surface area contributed by atoms with Crippen LogP contribution in [0.25, 0.3) is 11.1 Å². The number of nitrogens with zero attached hydrogens (tertiary/aromatic N) is 1. The predicted octanol–water partition coefficient (Wildman–Crippen LogP) is 3.57. The first-order valence-electron chi connectivity index (χ1n) is 5.64. The molecule has 2 nitrogen and oxygen atoms in total. The Bertz CT molecular complexity index is 420. The molecule has 16 heavy (non-hydrogen) atoms. The Balaban J connectivity index is 2.13. The Morgan fingerprint density at radius 1 is 0.938 bits per heavy atom. The lowest BCUT2D eigenvalue weighted by Gasteiger charge is -2.06. The van der Waals surface area contributed by atoms with Crippen LogP contribution in [-0.4, -0.2) is 11.5 Å². The van der Waals surface area contributed by atoms with E-state index in [2.05, 4.69) is 41.5 Å². The number of rotatable bonds is 4. The van der Waals surface area contributed by atoms with Crippen LogP contribution in [0.4, 0.5) is 5.69 Å². The number of pyridine rings is 1. The first kappa shape index (κ1) is 10.7. The normalized spacial score (nSPS) is 10.1. The van der Waals surface area contributed by atoms with Gasteiger partial charge in [0, 0.05) is 24.6 Å². The fourth-order valence-corrected chi connectivity index (χ4v) is 1.59. The Kier molecular flexibility index (Phi) is 3.54. The average molecular weight is 212 g/mol. The van der Waals surface area contributed by atoms with Crippen LogP contribution < -0.4 is 5.32 Å². The maximum absolute atomic E-state index is 4.02. The molecule has 0 saturated heterocycles. The highest BCUT2D eigenvalue weighted by Crippen LogP contribution is 2.20. The van der Waals surface area contributed by atoms with Gasteiger partial charge in [0.05, 0.1) is 0 Å². The van der Waals surface area contributed by atoms with Gasteiger partial charge in [-0.05, 0) is 41.8 Å². The van der Waals surface area contributed by atoms with E-state index < -0.39 is 0 Å². The Morgan fingerprint density at radius 3 is 2.19 bits per heavy atom. The van der Waals surface area contributed by atoms with E-state index in [1.807, 2.05) is 24.5 Å². The molecule has 0 saturated carbocycles. The largest absolute Gasteiger partial charge is 0.385 e. The van der Waals surface area contributed by atoms with Crippen LogP contribution in [0.3, 0.4) is 0 Å². The van der Waals surface area contributed by atoms with Crippen LogP contribution in [0.5, 0.6) is 0 Å². The van der Waals surface area contributed by atoms with Crippen molar-refractivity contribution in [3.05, 3.63) is 48.8 Å². The SMILES string of the molecule is CCCNc1ccc(-c2ccncc2)cc1. The molecule has 1 heterocycles. The van der Waals surface area contributed by atoms with Gasteiger partial charge >= 0.3 is 0 Å². The summed E-state index contributed by atoms with van der Waals surface area (Å²) in [5, 5.41) is 3.36. The predicted molar refractivity (Wildman–Crippen MR) is 68.5 cm³/mol. The Hall–Kier alpha value is -1.83. The van der Waals surface area contributed by atoms with E-state index in [9.17, 15) is 0 Å². The number of hydrogen-bond acceptors (Lipinski definition) is 2. The highest BCUT2D eigenvalue weighted by molar-refractivity contribution is 5.65. The Labute approximate surface area is 96.4 Å². The van der Waals surface area contributed by atoms with Crippen molar-refractivity contribution >= 4 is 5.69 Å². The van der Waals surface area contributed by atoms with Gasteiger partial charge in [-0.25, -0.2) is 0 Å². The highest BCUT2D eigenvalue weighted by Gasteiger charge is 1.96. The number of hydrogen-bond donors (Lipinski definition) is 1. The van der Waals surface area contributed by atoms with Gasteiger partial charge in [-0.3, -0.25) is 4.98 Å². The summed E-state index contributed by atoms with van der Waals surface area (Å²) in [6, 6.07) is 12.5. The average Bonchev–Trinajstić information content (AvgIpc) is 2.38. The van der Waals surface area contributed by atoms with E-state index in [0.717, 1.165) is 13.0 Å². The second-order valence-electron chi connectivity index (χ2n) is 3.74. The van der Waals surface area contributed by atoms with Gasteiger partial charge in [0.1, 0.15) is 0 Å². The topological polar surface area (TPSA) is 24.9 Å². The summed E-state index contributed by atoms with van der Waals surface area (Å²) < 4.78 is 0. The fraction of sp³-hybridized carbons (Fsp3) is 0.214. The molecule has 0 atom stereocenters. The second kappa shape index (κ2) is 5.31. The zero-order chi connectivity index (χ0) is 11.2. The van der Waals surface area contributed by atoms with Crippen molar-refractivity contribution < 1.29 is 0 Å². The van der Waals surface area contributed by atoms with E-state index >= 15 is 0 Å². The van der Waals surface area contributed by atoms with Gasteiger partial charge in [0.15, 0.2) is 0 Å². The molecule has 2 rings (SSSR count). The fourth-order valence-electron chi connectivity index (χ4n) is 1.59. The third kappa shape index (κ3) is 2.60. The molecule has 2 heteroatoms. The third-order valence-corrected chi connectivity index (χ3v) is 2.48. The molecule has 0 bridgehead atoms. The molecule has 0 fully saturated rings. The standard InChI is InChI=1S/C14H16N2/c1-2-9-16-14-5-3-12(4-6-14)13-7-10-15-11-8-13/h3-8,10-11,16H,2,9H2,1H3. The lowest BCUT2D eigenvalue weighted by Crippen LogP contribution is -1.98. The minimum Gasteiger partial charge on any atom is -0.385 e. The van der Waals surface area contributed by atoms with Crippen molar-refractivity contribution in [1.29, 1.82) is 0 Å². The molecule has 1 aromatic heterocycles. The van der Waals surface area contributed by atoms with E-state index in [1.165, 1.54) is 16.8 Å². The van der Waals surface area contributed by atoms with Crippen molar-refractivity contribution in [3.8, 4) is 11.1 Å². The van der Waals surface area contributed by atoms with Crippen LogP contribution in [0, 0.1) is 0 Å². The molecule has 0 unspecified atom stereocenters. The van der Waals surface area contributed by atoms with E-state index in [-0.39, 0.29) is 0 Å². The number of anilines is 1. The molecule has 0 radical (unpaired) electrons. The summed E-state index contributed by atoms with van der Waals surface area (Å²) in [6.45, 7) is 3.19. The van der Waals surface area contributed by atoms with Gasteiger partial charge in [-0.1, -0.05) is 19.1 Å². The summed E-state index contributed by atoms with van der Waals surface area (Å²) in [6.07, 6.45) is 4.78. The second-order valence-corrected chi connectivity index (χ2v) is 3.74. The van der Waals surface area contributed by atoms with Crippen molar-refractivity contribution in [2.24, 2.45) is 0 Å². The van der Waals surface area contributed by atoms with Crippen molar-refractivity contribution in [3.63, 3.8) is 0 Å². The molecular formula is C14H16N2. The first-order chi connectivity index (χ1) is 7.90. The molecule has 0 amide bonds. The number of aromatic nitrogens is 1. The van der Waals surface area contributed by atoms with Crippen LogP contribution >= 0.6 is 0 Å². The lowest BCUT2D eigenvalue weighted by molar-refractivity contribution is 0.980. The van der Waals surface area contributed by atoms with Crippen LogP contribution in [0.2, 0.25) is 0 Å². The van der Waals surface area contributed by atoms with Gasteiger partial charge in [-0.2, -0.15) is 0 Å². The van der Waals surface area contributed by atoms with Crippen molar-refractivity contribution in [2.45, 2.75) is 13.3 Å². The summed E-state index contributed by atoms with van der Waals surface area (Å²) in [5.74, 6) is 0. The van der Waals surface area contributed by atoms with Gasteiger partial charge in [-0.15, -0.1) is 0 Å². The number of benzene rings is 1. The minimum absolute atomic E-state index is 1.02. The molecule has 1 N–H and O–H groups in total. The quantitative estimate of drug-likeness (QED) is 0.838. The summed E-state index contributed by atoms with van der Waals surface area (Å²) in [5.41, 5.74) is 3.61. The minimum atomic E-state index is 1.02. The van der Waals surface area contributed by atoms with E-state index in [4.69, 9.17) is 0 Å². The Morgan fingerprint density at radius 2 is 1.56 bits per heavy atom. The zero-order valence-corrected chi connectivity index (χ0v) is 9.48. The molecule has 0 aliphatic heterocycles. The smallest absolute Gasteiger partial charge is 0.0340 e. The van der Waals surface area contributed by atoms with Gasteiger partial charge in [0.2, 0.25) is 0 Å². The zero-order valence-electron chi connectivity index (χ0n) is 9.48. The maximum atomic E-state index is 4.02. The molecule has 82 valence electrons. The summed E-state index contributed by atoms with van der Waals surface area (Å²) in [4.78, 5) is 4.02. The van der Waals surface area contributed by atoms with Gasteiger partial charge < -0.3 is 5.32 Å². The lowest BCUT2D eigenvalue weighted by atomic mass is 10.1. The van der Waals surface area contributed by atoms with E-state index in [0.29, 0.717) is 0 Å². The van der Waals surface area contributed by atoms with E-state index in [1.54, 1.807) is 0 Å². The number of nitrogens with one attached hydrogen (secondary N) is 1. The van der Waals surface area contributed by atoms with Crippen LogP contribution in [-0.2, 0) is 0 Å². The molecule has 0 aliphatic carbocycles. The molecule has 2 aromatic rings. The maximum Gasteiger partial charge on any atom is 0.0340 e.